The molecule has 0 spiro atoms. The fourth-order valence-corrected chi connectivity index (χ4v) is 3.53. The molecule has 1 heterocycles. The molecule has 3 aromatic rings. The minimum absolute atomic E-state index is 0.0830. The predicted octanol–water partition coefficient (Wildman–Crippen LogP) is 5.20. The average Bonchev–Trinajstić information content (AvgIpc) is 2.61. The SMILES string of the molecule is CC(=O)N1Cc2c(C)cc(-c3ccccc3)cc2-c2ccccc21. The van der Waals surface area contributed by atoms with Gasteiger partial charge in [-0.05, 0) is 46.9 Å². The van der Waals surface area contributed by atoms with Crippen LogP contribution in [0.2, 0.25) is 0 Å². The van der Waals surface area contributed by atoms with Gasteiger partial charge in [0.1, 0.15) is 0 Å². The van der Waals surface area contributed by atoms with Crippen molar-refractivity contribution >= 4 is 11.6 Å². The van der Waals surface area contributed by atoms with Crippen LogP contribution in [0.1, 0.15) is 18.1 Å². The maximum absolute atomic E-state index is 12.1. The van der Waals surface area contributed by atoms with Crippen LogP contribution in [0.5, 0.6) is 0 Å². The van der Waals surface area contributed by atoms with Gasteiger partial charge in [0.25, 0.3) is 0 Å². The molecule has 0 bridgehead atoms. The number of anilines is 1. The minimum atomic E-state index is 0.0830. The molecule has 24 heavy (non-hydrogen) atoms. The van der Waals surface area contributed by atoms with Crippen LogP contribution in [0.15, 0.2) is 66.7 Å². The van der Waals surface area contributed by atoms with E-state index < -0.39 is 0 Å². The van der Waals surface area contributed by atoms with Crippen LogP contribution < -0.4 is 4.90 Å². The van der Waals surface area contributed by atoms with E-state index in [4.69, 9.17) is 0 Å². The summed E-state index contributed by atoms with van der Waals surface area (Å²) in [5, 5.41) is 0. The average molecular weight is 313 g/mol. The number of carbonyl (C=O) groups excluding carboxylic acids is 1. The van der Waals surface area contributed by atoms with Crippen LogP contribution in [0, 0.1) is 6.92 Å². The lowest BCUT2D eigenvalue weighted by atomic mass is 9.87. The molecule has 0 fully saturated rings. The largest absolute Gasteiger partial charge is 0.308 e. The molecular weight excluding hydrogens is 294 g/mol. The molecule has 0 saturated carbocycles. The first-order valence-corrected chi connectivity index (χ1v) is 8.21. The van der Waals surface area contributed by atoms with Gasteiger partial charge in [-0.2, -0.15) is 0 Å². The first-order valence-electron chi connectivity index (χ1n) is 8.21. The fourth-order valence-electron chi connectivity index (χ4n) is 3.53. The van der Waals surface area contributed by atoms with Crippen LogP contribution in [-0.4, -0.2) is 5.91 Å². The van der Waals surface area contributed by atoms with Gasteiger partial charge in [0.2, 0.25) is 5.91 Å². The maximum atomic E-state index is 12.1. The second-order valence-corrected chi connectivity index (χ2v) is 6.31. The molecule has 0 saturated heterocycles. The molecule has 2 heteroatoms. The van der Waals surface area contributed by atoms with Gasteiger partial charge in [0, 0.05) is 12.5 Å². The highest BCUT2D eigenvalue weighted by atomic mass is 16.2. The lowest BCUT2D eigenvalue weighted by molar-refractivity contribution is -0.116. The normalized spacial score (nSPS) is 12.5. The van der Waals surface area contributed by atoms with E-state index in [1.165, 1.54) is 27.8 Å². The van der Waals surface area contributed by atoms with Gasteiger partial charge in [0.15, 0.2) is 0 Å². The Morgan fingerprint density at radius 2 is 1.58 bits per heavy atom. The summed E-state index contributed by atoms with van der Waals surface area (Å²) in [4.78, 5) is 14.0. The van der Waals surface area contributed by atoms with E-state index >= 15 is 0 Å². The molecule has 0 atom stereocenters. The topological polar surface area (TPSA) is 20.3 Å². The lowest BCUT2D eigenvalue weighted by Gasteiger charge is -2.32. The third-order valence-electron chi connectivity index (χ3n) is 4.76. The monoisotopic (exact) mass is 313 g/mol. The van der Waals surface area contributed by atoms with Crippen molar-refractivity contribution < 1.29 is 4.79 Å². The highest BCUT2D eigenvalue weighted by molar-refractivity contribution is 5.99. The number of fused-ring (bicyclic) bond motifs is 3. The summed E-state index contributed by atoms with van der Waals surface area (Å²) in [6, 6.07) is 23.1. The van der Waals surface area contributed by atoms with Crippen molar-refractivity contribution in [2.75, 3.05) is 4.90 Å². The highest BCUT2D eigenvalue weighted by Gasteiger charge is 2.25. The van der Waals surface area contributed by atoms with Crippen LogP contribution >= 0.6 is 0 Å². The molecule has 3 aromatic carbocycles. The quantitative estimate of drug-likeness (QED) is 0.605. The van der Waals surface area contributed by atoms with Crippen molar-refractivity contribution in [2.45, 2.75) is 20.4 Å². The zero-order chi connectivity index (χ0) is 16.7. The summed E-state index contributed by atoms with van der Waals surface area (Å²) < 4.78 is 0. The number of carbonyl (C=O) groups is 1. The molecule has 0 aromatic heterocycles. The van der Waals surface area contributed by atoms with E-state index in [1.807, 2.05) is 29.2 Å². The van der Waals surface area contributed by atoms with Gasteiger partial charge in [-0.15, -0.1) is 0 Å². The Hall–Kier alpha value is -2.87. The van der Waals surface area contributed by atoms with Gasteiger partial charge >= 0.3 is 0 Å². The van der Waals surface area contributed by atoms with Crippen molar-refractivity contribution in [1.29, 1.82) is 0 Å². The van der Waals surface area contributed by atoms with Gasteiger partial charge in [0.05, 0.1) is 12.2 Å². The number of para-hydroxylation sites is 1. The summed E-state index contributed by atoms with van der Waals surface area (Å²) in [6.45, 7) is 4.41. The first-order chi connectivity index (χ1) is 11.6. The zero-order valence-corrected chi connectivity index (χ0v) is 13.9. The third kappa shape index (κ3) is 2.31. The second-order valence-electron chi connectivity index (χ2n) is 6.31. The van der Waals surface area contributed by atoms with Gasteiger partial charge in [-0.3, -0.25) is 4.79 Å². The second kappa shape index (κ2) is 5.64. The number of hydrogen-bond acceptors (Lipinski definition) is 1. The van der Waals surface area contributed by atoms with Crippen LogP contribution in [0.25, 0.3) is 22.3 Å². The van der Waals surface area contributed by atoms with Crippen molar-refractivity contribution in [2.24, 2.45) is 0 Å². The summed E-state index contributed by atoms with van der Waals surface area (Å²) in [7, 11) is 0. The van der Waals surface area contributed by atoms with Crippen LogP contribution in [0.3, 0.4) is 0 Å². The number of nitrogens with zero attached hydrogens (tertiary/aromatic N) is 1. The summed E-state index contributed by atoms with van der Waals surface area (Å²) in [5.41, 5.74) is 8.28. The van der Waals surface area contributed by atoms with E-state index in [9.17, 15) is 4.79 Å². The smallest absolute Gasteiger partial charge is 0.224 e. The standard InChI is InChI=1S/C22H19NO/c1-15-12-18(17-8-4-3-5-9-17)13-20-19-10-6-7-11-22(19)23(16(2)24)14-21(15)20/h3-13H,14H2,1-2H3. The Morgan fingerprint density at radius 1 is 0.875 bits per heavy atom. The van der Waals surface area contributed by atoms with Crippen LogP contribution in [0.4, 0.5) is 5.69 Å². The molecule has 0 radical (unpaired) electrons. The number of amides is 1. The van der Waals surface area contributed by atoms with E-state index in [0.717, 1.165) is 11.3 Å². The van der Waals surface area contributed by atoms with Crippen molar-refractivity contribution in [3.05, 3.63) is 77.9 Å². The van der Waals surface area contributed by atoms with E-state index in [0.29, 0.717) is 6.54 Å². The summed E-state index contributed by atoms with van der Waals surface area (Å²) in [5.74, 6) is 0.0830. The zero-order valence-electron chi connectivity index (χ0n) is 13.9. The molecule has 2 nitrogen and oxygen atoms in total. The number of rotatable bonds is 1. The molecule has 118 valence electrons. The van der Waals surface area contributed by atoms with Crippen molar-refractivity contribution in [1.82, 2.24) is 0 Å². The number of hydrogen-bond donors (Lipinski definition) is 0. The van der Waals surface area contributed by atoms with Crippen molar-refractivity contribution in [3.8, 4) is 22.3 Å². The molecule has 1 amide bonds. The Labute approximate surface area is 142 Å². The minimum Gasteiger partial charge on any atom is -0.308 e. The van der Waals surface area contributed by atoms with E-state index in [1.54, 1.807) is 6.92 Å². The third-order valence-corrected chi connectivity index (χ3v) is 4.76. The summed E-state index contributed by atoms with van der Waals surface area (Å²) >= 11 is 0. The molecular formula is C22H19NO. The molecule has 0 N–H and O–H groups in total. The Bertz CT molecular complexity index is 928. The molecule has 0 aliphatic carbocycles. The predicted molar refractivity (Wildman–Crippen MR) is 98.9 cm³/mol. The number of aryl methyl sites for hydroxylation is 1. The van der Waals surface area contributed by atoms with Gasteiger partial charge < -0.3 is 4.90 Å². The van der Waals surface area contributed by atoms with Crippen LogP contribution in [-0.2, 0) is 11.3 Å². The highest BCUT2D eigenvalue weighted by Crippen LogP contribution is 2.42. The maximum Gasteiger partial charge on any atom is 0.224 e. The molecule has 0 unspecified atom stereocenters. The lowest BCUT2D eigenvalue weighted by Crippen LogP contribution is -2.31. The Morgan fingerprint density at radius 3 is 2.33 bits per heavy atom. The summed E-state index contributed by atoms with van der Waals surface area (Å²) in [6.07, 6.45) is 0. The molecule has 4 rings (SSSR count). The van der Waals surface area contributed by atoms with E-state index in [2.05, 4.69) is 49.4 Å². The van der Waals surface area contributed by atoms with Gasteiger partial charge in [-0.25, -0.2) is 0 Å². The van der Waals surface area contributed by atoms with Crippen molar-refractivity contribution in [3.63, 3.8) is 0 Å². The van der Waals surface area contributed by atoms with Gasteiger partial charge in [-0.1, -0.05) is 54.6 Å². The Kier molecular flexibility index (Phi) is 3.46. The molecule has 1 aliphatic heterocycles. The number of benzene rings is 3. The first kappa shape index (κ1) is 14.7. The fraction of sp³-hybridized carbons (Fsp3) is 0.136. The Balaban J connectivity index is 1.95. The molecule has 1 aliphatic rings. The van der Waals surface area contributed by atoms with E-state index in [-0.39, 0.29) is 5.91 Å².